The number of carbonyl (C=O) groups excluding carboxylic acids is 2. The fraction of sp³-hybridized carbons (Fsp3) is 0.258. The smallest absolute Gasteiger partial charge is 0.257 e. The highest BCUT2D eigenvalue weighted by molar-refractivity contribution is 6.00. The van der Waals surface area contributed by atoms with Crippen LogP contribution < -0.4 is 15.5 Å². The number of benzene rings is 2. The maximum absolute atomic E-state index is 14.1. The van der Waals surface area contributed by atoms with Crippen molar-refractivity contribution in [2.75, 3.05) is 0 Å². The first-order valence-electron chi connectivity index (χ1n) is 12.6. The van der Waals surface area contributed by atoms with E-state index in [1.807, 2.05) is 44.2 Å². The molecule has 6 nitrogen and oxygen atoms in total. The molecule has 2 aromatic carbocycles. The van der Waals surface area contributed by atoms with Crippen LogP contribution in [0.3, 0.4) is 0 Å². The molecule has 3 rings (SSSR count). The highest BCUT2D eigenvalue weighted by Gasteiger charge is 2.27. The first kappa shape index (κ1) is 29.2. The second kappa shape index (κ2) is 13.5. The zero-order valence-corrected chi connectivity index (χ0v) is 22.1. The molecule has 0 bridgehead atoms. The van der Waals surface area contributed by atoms with Gasteiger partial charge < -0.3 is 14.6 Å². The summed E-state index contributed by atoms with van der Waals surface area (Å²) >= 11 is 0. The van der Waals surface area contributed by atoms with Gasteiger partial charge >= 0.3 is 0 Å². The van der Waals surface area contributed by atoms with Crippen LogP contribution >= 0.6 is 0 Å². The van der Waals surface area contributed by atoms with Crippen molar-refractivity contribution >= 4 is 11.7 Å². The Labute approximate surface area is 226 Å². The van der Waals surface area contributed by atoms with Gasteiger partial charge in [-0.25, -0.2) is 8.78 Å². The van der Waals surface area contributed by atoms with Crippen molar-refractivity contribution in [3.05, 3.63) is 124 Å². The molecule has 0 saturated heterocycles. The maximum Gasteiger partial charge on any atom is 0.257 e. The van der Waals surface area contributed by atoms with Crippen LogP contribution in [0.5, 0.6) is 5.75 Å². The fourth-order valence-electron chi connectivity index (χ4n) is 3.89. The van der Waals surface area contributed by atoms with Crippen molar-refractivity contribution in [2.24, 2.45) is 11.8 Å². The van der Waals surface area contributed by atoms with Crippen molar-refractivity contribution in [2.45, 2.75) is 40.0 Å². The molecule has 204 valence electrons. The van der Waals surface area contributed by atoms with Gasteiger partial charge in [0.1, 0.15) is 29.5 Å². The number of hydrogen-bond acceptors (Lipinski definition) is 4. The topological polar surface area (TPSA) is 77.4 Å². The molecule has 2 atom stereocenters. The van der Waals surface area contributed by atoms with Crippen molar-refractivity contribution in [3.63, 3.8) is 0 Å². The molecule has 0 fully saturated rings. The summed E-state index contributed by atoms with van der Waals surface area (Å²) < 4.78 is 34.8. The van der Waals surface area contributed by atoms with E-state index in [4.69, 9.17) is 4.74 Å². The Morgan fingerprint density at radius 1 is 1.05 bits per heavy atom. The zero-order chi connectivity index (χ0) is 28.5. The Morgan fingerprint density at radius 3 is 2.38 bits per heavy atom. The van der Waals surface area contributed by atoms with Gasteiger partial charge in [-0.15, -0.1) is 13.2 Å². The van der Waals surface area contributed by atoms with E-state index >= 15 is 0 Å². The van der Waals surface area contributed by atoms with E-state index in [1.54, 1.807) is 16.7 Å². The Bertz CT molecular complexity index is 1420. The summed E-state index contributed by atoms with van der Waals surface area (Å²) in [6, 6.07) is 12.1. The molecule has 0 radical (unpaired) electrons. The number of allylic oxidation sites excluding steroid dienone is 2. The first-order valence-corrected chi connectivity index (χ1v) is 12.6. The number of ketones is 1. The average molecular weight is 535 g/mol. The van der Waals surface area contributed by atoms with E-state index in [-0.39, 0.29) is 66.3 Å². The molecule has 3 aromatic rings. The van der Waals surface area contributed by atoms with Gasteiger partial charge in [-0.3, -0.25) is 14.4 Å². The van der Waals surface area contributed by atoms with Gasteiger partial charge in [0.15, 0.2) is 11.5 Å². The molecule has 0 aliphatic rings. The fourth-order valence-corrected chi connectivity index (χ4v) is 3.89. The third-order valence-electron chi connectivity index (χ3n) is 6.22. The zero-order valence-electron chi connectivity index (χ0n) is 22.1. The Hall–Kier alpha value is -4.33. The maximum atomic E-state index is 14.1. The van der Waals surface area contributed by atoms with Crippen LogP contribution in [0.1, 0.15) is 52.2 Å². The average Bonchev–Trinajstić information content (AvgIpc) is 2.92. The van der Waals surface area contributed by atoms with Crippen LogP contribution in [0.25, 0.3) is 0 Å². The Morgan fingerprint density at radius 2 is 1.74 bits per heavy atom. The summed E-state index contributed by atoms with van der Waals surface area (Å²) in [4.78, 5) is 40.2. The summed E-state index contributed by atoms with van der Waals surface area (Å²) in [7, 11) is 0. The number of ether oxygens (including phenoxy) is 1. The van der Waals surface area contributed by atoms with Crippen LogP contribution in [0.2, 0.25) is 0 Å². The largest absolute Gasteiger partial charge is 0.483 e. The molecule has 8 heteroatoms. The summed E-state index contributed by atoms with van der Waals surface area (Å²) in [5, 5.41) is 2.51. The first-order chi connectivity index (χ1) is 18.6. The van der Waals surface area contributed by atoms with Gasteiger partial charge in [0, 0.05) is 37.3 Å². The van der Waals surface area contributed by atoms with Gasteiger partial charge in [0.2, 0.25) is 5.43 Å². The van der Waals surface area contributed by atoms with E-state index < -0.39 is 23.0 Å². The van der Waals surface area contributed by atoms with Crippen LogP contribution in [0, 0.1) is 23.5 Å². The number of hydrogen-bond donors (Lipinski definition) is 1. The quantitative estimate of drug-likeness (QED) is 0.220. The molecular weight excluding hydrogens is 502 g/mol. The standard InChI is InChI=1S/C31H32F2N2O4/c1-5-20(3)14-27(36)28-30(39-19-22-10-8-7-9-11-22)29(37)25(18-35(28)17-21(4)6-2)31(38)34-16-23-12-13-24(32)15-26(23)33/h5-13,15,18,20-21H,1-2,14,16-17,19H2,3-4H3,(H,34,38)/t20-,21?/m0/s1. The molecule has 1 N–H and O–H groups in total. The van der Waals surface area contributed by atoms with Crippen molar-refractivity contribution in [1.29, 1.82) is 0 Å². The number of rotatable bonds is 13. The Balaban J connectivity index is 2.08. The van der Waals surface area contributed by atoms with Crippen molar-refractivity contribution in [3.8, 4) is 5.75 Å². The number of carbonyl (C=O) groups is 2. The molecule has 1 aromatic heterocycles. The predicted molar refractivity (Wildman–Crippen MR) is 147 cm³/mol. The molecular formula is C31H32F2N2O4. The number of Topliss-reactive ketones (excluding diaryl/α,β-unsaturated/α-hetero) is 1. The number of amides is 1. The molecule has 1 amide bonds. The molecule has 39 heavy (non-hydrogen) atoms. The lowest BCUT2D eigenvalue weighted by Crippen LogP contribution is -2.33. The monoisotopic (exact) mass is 534 g/mol. The van der Waals surface area contributed by atoms with Gasteiger partial charge in [-0.2, -0.15) is 0 Å². The molecule has 0 spiro atoms. The number of nitrogens with one attached hydrogen (secondary N) is 1. The van der Waals surface area contributed by atoms with Gasteiger partial charge in [0.05, 0.1) is 0 Å². The van der Waals surface area contributed by atoms with E-state index in [0.29, 0.717) is 6.07 Å². The lowest BCUT2D eigenvalue weighted by Gasteiger charge is -2.21. The minimum Gasteiger partial charge on any atom is -0.483 e. The summed E-state index contributed by atoms with van der Waals surface area (Å²) in [6.07, 6.45) is 4.75. The van der Waals surface area contributed by atoms with Gasteiger partial charge in [0.25, 0.3) is 5.91 Å². The normalized spacial score (nSPS) is 12.3. The second-order valence-electron chi connectivity index (χ2n) is 9.45. The Kier molecular flexibility index (Phi) is 10.1. The number of aromatic nitrogens is 1. The lowest BCUT2D eigenvalue weighted by atomic mass is 10.0. The summed E-state index contributed by atoms with van der Waals surface area (Å²) in [5.74, 6) is -3.19. The highest BCUT2D eigenvalue weighted by Crippen LogP contribution is 2.23. The van der Waals surface area contributed by atoms with E-state index in [0.717, 1.165) is 11.6 Å². The predicted octanol–water partition coefficient (Wildman–Crippen LogP) is 5.85. The van der Waals surface area contributed by atoms with Crippen LogP contribution in [-0.4, -0.2) is 16.3 Å². The van der Waals surface area contributed by atoms with Gasteiger partial charge in [-0.05, 0) is 23.5 Å². The highest BCUT2D eigenvalue weighted by atomic mass is 19.1. The molecule has 1 unspecified atom stereocenters. The van der Waals surface area contributed by atoms with Gasteiger partial charge in [-0.1, -0.05) is 62.4 Å². The van der Waals surface area contributed by atoms with E-state index in [2.05, 4.69) is 18.5 Å². The van der Waals surface area contributed by atoms with Crippen LogP contribution in [0.4, 0.5) is 8.78 Å². The number of nitrogens with zero attached hydrogens (tertiary/aromatic N) is 1. The second-order valence-corrected chi connectivity index (χ2v) is 9.45. The third kappa shape index (κ3) is 7.60. The molecule has 0 aliphatic carbocycles. The number of halogens is 2. The summed E-state index contributed by atoms with van der Waals surface area (Å²) in [6.45, 7) is 11.2. The van der Waals surface area contributed by atoms with Crippen molar-refractivity contribution in [1.82, 2.24) is 9.88 Å². The molecule has 0 aliphatic heterocycles. The van der Waals surface area contributed by atoms with E-state index in [1.165, 1.54) is 12.3 Å². The summed E-state index contributed by atoms with van der Waals surface area (Å²) in [5.41, 5.74) is -0.164. The molecule has 0 saturated carbocycles. The van der Waals surface area contributed by atoms with E-state index in [9.17, 15) is 23.2 Å². The minimum absolute atomic E-state index is 0.00372. The minimum atomic E-state index is -0.823. The van der Waals surface area contributed by atoms with Crippen LogP contribution in [0.15, 0.2) is 84.8 Å². The van der Waals surface area contributed by atoms with Crippen molar-refractivity contribution < 1.29 is 23.1 Å². The molecule has 1 heterocycles. The third-order valence-corrected chi connectivity index (χ3v) is 6.22. The van der Waals surface area contributed by atoms with Crippen LogP contribution in [-0.2, 0) is 19.7 Å². The number of pyridine rings is 1. The lowest BCUT2D eigenvalue weighted by molar-refractivity contribution is 0.0933. The SMILES string of the molecule is C=CC(C)Cn1cc(C(=O)NCc2ccc(F)cc2F)c(=O)c(OCc2ccccc2)c1C(=O)C[C@@H](C)C=C.